The maximum Gasteiger partial charge on any atom is 0.160 e. The molecule has 0 amide bonds. The van der Waals surface area contributed by atoms with Crippen LogP contribution in [-0.2, 0) is 0 Å². The predicted molar refractivity (Wildman–Crippen MR) is 242 cm³/mol. The van der Waals surface area contributed by atoms with Gasteiger partial charge in [0.25, 0.3) is 0 Å². The van der Waals surface area contributed by atoms with Gasteiger partial charge < -0.3 is 4.42 Å². The van der Waals surface area contributed by atoms with E-state index in [1.54, 1.807) is 6.08 Å². The molecule has 0 fully saturated rings. The first-order valence-corrected chi connectivity index (χ1v) is 19.1. The van der Waals surface area contributed by atoms with Gasteiger partial charge in [-0.15, -0.1) is 0 Å². The Bertz CT molecular complexity index is 3260. The molecule has 0 unspecified atom stereocenters. The molecule has 0 saturated carbocycles. The lowest BCUT2D eigenvalue weighted by Gasteiger charge is -2.12. The number of fused-ring (bicyclic) bond motifs is 6. The van der Waals surface area contributed by atoms with Crippen LogP contribution in [-0.4, -0.2) is 11.5 Å². The molecule has 0 N–H and O–H groups in total. The van der Waals surface area contributed by atoms with Crippen molar-refractivity contribution in [2.75, 3.05) is 0 Å². The number of hydrogen-bond acceptors (Lipinski definition) is 2. The highest BCUT2D eigenvalue weighted by Crippen LogP contribution is 2.42. The molecule has 10 aromatic rings. The van der Waals surface area contributed by atoms with Gasteiger partial charge in [-0.3, -0.25) is 0 Å². The second-order valence-corrected chi connectivity index (χ2v) is 14.2. The average Bonchev–Trinajstić information content (AvgIpc) is 3.67. The molecule has 1 aromatic heterocycles. The van der Waals surface area contributed by atoms with Crippen molar-refractivity contribution in [2.24, 2.45) is 9.98 Å². The van der Waals surface area contributed by atoms with Crippen LogP contribution in [0, 0.1) is 0 Å². The van der Waals surface area contributed by atoms with Crippen LogP contribution in [0.1, 0.15) is 16.7 Å². The number of furan rings is 1. The van der Waals surface area contributed by atoms with Crippen LogP contribution in [0.2, 0.25) is 0 Å². The van der Waals surface area contributed by atoms with Gasteiger partial charge in [-0.1, -0.05) is 183 Å². The normalized spacial score (nSPS) is 12.2. The summed E-state index contributed by atoms with van der Waals surface area (Å²) in [7, 11) is 0. The Morgan fingerprint density at radius 1 is 0.474 bits per heavy atom. The number of hydrogen-bond donors (Lipinski definition) is 0. The summed E-state index contributed by atoms with van der Waals surface area (Å²) >= 11 is 0. The van der Waals surface area contributed by atoms with Crippen LogP contribution in [0.3, 0.4) is 0 Å². The van der Waals surface area contributed by atoms with Gasteiger partial charge in [-0.2, -0.15) is 0 Å². The first-order chi connectivity index (χ1) is 28.1. The van der Waals surface area contributed by atoms with Crippen molar-refractivity contribution in [1.82, 2.24) is 0 Å². The van der Waals surface area contributed by atoms with Gasteiger partial charge in [-0.05, 0) is 73.3 Å². The maximum absolute atomic E-state index is 6.69. The van der Waals surface area contributed by atoms with Gasteiger partial charge in [0.1, 0.15) is 11.2 Å². The highest BCUT2D eigenvalue weighted by molar-refractivity contribution is 6.20. The number of nitrogens with zero attached hydrogens (tertiary/aromatic N) is 2. The van der Waals surface area contributed by atoms with E-state index in [1.807, 2.05) is 18.2 Å². The minimum Gasteiger partial charge on any atom is -0.455 e. The molecular weight excluding hydrogens is 693 g/mol. The molecule has 3 nitrogen and oxygen atoms in total. The third kappa shape index (κ3) is 6.12. The summed E-state index contributed by atoms with van der Waals surface area (Å²) < 4.78 is 6.69. The van der Waals surface area contributed by atoms with E-state index in [0.29, 0.717) is 17.2 Å². The highest BCUT2D eigenvalue weighted by atomic mass is 16.3. The molecule has 57 heavy (non-hydrogen) atoms. The summed E-state index contributed by atoms with van der Waals surface area (Å²) in [4.78, 5) is 10.5. The Hall–Kier alpha value is -7.62. The lowest BCUT2D eigenvalue weighted by molar-refractivity contribution is 0.670. The average molecular weight is 729 g/mol. The lowest BCUT2D eigenvalue weighted by Crippen LogP contribution is -2.05. The Morgan fingerprint density at radius 3 is 1.81 bits per heavy atom. The molecule has 10 rings (SSSR count). The quantitative estimate of drug-likeness (QED) is 0.119. The van der Waals surface area contributed by atoms with E-state index in [-0.39, 0.29) is 0 Å². The number of rotatable bonds is 7. The second kappa shape index (κ2) is 14.2. The van der Waals surface area contributed by atoms with E-state index >= 15 is 0 Å². The van der Waals surface area contributed by atoms with Crippen LogP contribution in [0.4, 0.5) is 0 Å². The van der Waals surface area contributed by atoms with Gasteiger partial charge in [0, 0.05) is 33.0 Å². The Balaban J connectivity index is 1.12. The van der Waals surface area contributed by atoms with E-state index in [9.17, 15) is 0 Å². The van der Waals surface area contributed by atoms with Crippen molar-refractivity contribution in [2.45, 2.75) is 0 Å². The molecule has 0 aliphatic rings. The fraction of sp³-hybridized carbons (Fsp3) is 0. The van der Waals surface area contributed by atoms with E-state index in [0.717, 1.165) is 66.1 Å². The predicted octanol–water partition coefficient (Wildman–Crippen LogP) is 14.5. The monoisotopic (exact) mass is 728 g/mol. The van der Waals surface area contributed by atoms with Gasteiger partial charge in [0.2, 0.25) is 0 Å². The van der Waals surface area contributed by atoms with E-state index in [1.165, 1.54) is 27.1 Å². The van der Waals surface area contributed by atoms with E-state index in [2.05, 4.69) is 183 Å². The molecule has 0 radical (unpaired) electrons. The number of para-hydroxylation sites is 1. The topological polar surface area (TPSA) is 37.9 Å². The molecule has 1 heterocycles. The first kappa shape index (κ1) is 33.9. The zero-order valence-corrected chi connectivity index (χ0v) is 31.2. The summed E-state index contributed by atoms with van der Waals surface area (Å²) in [6.45, 7) is 8.79. The van der Waals surface area contributed by atoms with Crippen LogP contribution >= 0.6 is 0 Å². The zero-order chi connectivity index (χ0) is 38.3. The second-order valence-electron chi connectivity index (χ2n) is 14.2. The summed E-state index contributed by atoms with van der Waals surface area (Å²) in [5.74, 6) is 0.540. The molecule has 0 atom stereocenters. The van der Waals surface area contributed by atoms with Crippen LogP contribution < -0.4 is 0 Å². The fourth-order valence-electron chi connectivity index (χ4n) is 8.05. The number of benzene rings is 9. The van der Waals surface area contributed by atoms with Crippen molar-refractivity contribution in [3.05, 3.63) is 224 Å². The molecule has 0 saturated heterocycles. The number of allylic oxidation sites excluding steroid dienone is 1. The largest absolute Gasteiger partial charge is 0.455 e. The fourth-order valence-corrected chi connectivity index (χ4v) is 8.05. The minimum atomic E-state index is 0.540. The minimum absolute atomic E-state index is 0.540. The molecule has 0 aliphatic heterocycles. The molecule has 9 aromatic carbocycles. The van der Waals surface area contributed by atoms with Gasteiger partial charge >= 0.3 is 0 Å². The summed E-state index contributed by atoms with van der Waals surface area (Å²) in [5.41, 5.74) is 10.1. The third-order valence-corrected chi connectivity index (χ3v) is 10.9. The molecule has 0 spiro atoms. The Morgan fingerprint density at radius 2 is 1.07 bits per heavy atom. The third-order valence-electron chi connectivity index (χ3n) is 10.9. The molecule has 3 heteroatoms. The van der Waals surface area contributed by atoms with Gasteiger partial charge in [0.05, 0.1) is 11.4 Å². The van der Waals surface area contributed by atoms with Crippen LogP contribution in [0.25, 0.3) is 82.2 Å². The molecule has 0 aliphatic carbocycles. The highest BCUT2D eigenvalue weighted by Gasteiger charge is 2.19. The van der Waals surface area contributed by atoms with Crippen molar-refractivity contribution >= 4 is 71.5 Å². The SMILES string of the molecule is C=CC(=NC(=NC(=C)c1ccc(-c2cccc3ccccc23)c2oc3ccccc3c12)c1ccc2ccccc2c1)c1ccc(-c2cccc3ccccc23)cc1. The summed E-state index contributed by atoms with van der Waals surface area (Å²) in [6, 6.07) is 65.4. The Labute approximate surface area is 330 Å². The zero-order valence-electron chi connectivity index (χ0n) is 31.2. The number of aliphatic imine (C=N–C) groups is 2. The first-order valence-electron chi connectivity index (χ1n) is 19.1. The molecule has 0 bridgehead atoms. The van der Waals surface area contributed by atoms with E-state index in [4.69, 9.17) is 14.4 Å². The summed E-state index contributed by atoms with van der Waals surface area (Å²) in [5, 5.41) is 9.01. The molecular formula is C54H36N2O. The van der Waals surface area contributed by atoms with Crippen LogP contribution in [0.15, 0.2) is 222 Å². The van der Waals surface area contributed by atoms with Crippen LogP contribution in [0.5, 0.6) is 0 Å². The molecule has 268 valence electrons. The van der Waals surface area contributed by atoms with Gasteiger partial charge in [0.15, 0.2) is 5.84 Å². The standard InChI is InChI=1S/C54H36N2O/c1-3-50(40-29-27-39(28-30-40)45-23-12-18-37-15-6-8-20-44(37)45)56-54(42-31-26-36-14-4-5-17-41(36)34-42)55-35(2)43-32-33-48(47-24-13-19-38-16-7-9-21-46(38)47)53-52(43)49-22-10-11-25-51(49)57-53/h3-34H,1-2H2. The van der Waals surface area contributed by atoms with Crippen molar-refractivity contribution in [3.63, 3.8) is 0 Å². The van der Waals surface area contributed by atoms with Crippen molar-refractivity contribution in [1.29, 1.82) is 0 Å². The summed E-state index contributed by atoms with van der Waals surface area (Å²) in [6.07, 6.45) is 1.80. The number of amidine groups is 1. The lowest BCUT2D eigenvalue weighted by atomic mass is 9.94. The smallest absolute Gasteiger partial charge is 0.160 e. The van der Waals surface area contributed by atoms with E-state index < -0.39 is 0 Å². The maximum atomic E-state index is 6.69. The Kier molecular flexibility index (Phi) is 8.46. The van der Waals surface area contributed by atoms with Gasteiger partial charge in [-0.25, -0.2) is 9.98 Å². The van der Waals surface area contributed by atoms with Crippen molar-refractivity contribution < 1.29 is 4.42 Å². The van der Waals surface area contributed by atoms with Crippen molar-refractivity contribution in [3.8, 4) is 22.3 Å².